The summed E-state index contributed by atoms with van der Waals surface area (Å²) in [5.74, 6) is 0.692. The number of anilines is 1. The Balaban J connectivity index is 1.90. The number of aliphatic hydroxyl groups excluding tert-OH is 1. The van der Waals surface area contributed by atoms with Crippen LogP contribution in [0, 0.1) is 5.92 Å². The average Bonchev–Trinajstić information content (AvgIpc) is 2.54. The van der Waals surface area contributed by atoms with Gasteiger partial charge in [-0.2, -0.15) is 0 Å². The summed E-state index contributed by atoms with van der Waals surface area (Å²) >= 11 is 1.65. The van der Waals surface area contributed by atoms with Crippen LogP contribution in [0.5, 0.6) is 0 Å². The SMILES string of the molecule is CC(C)C(O)CC(=O)Nc1cccc(CSc2ccccn2)c1. The van der Waals surface area contributed by atoms with Crippen molar-refractivity contribution in [2.24, 2.45) is 5.92 Å². The number of nitrogens with zero attached hydrogens (tertiary/aromatic N) is 1. The van der Waals surface area contributed by atoms with E-state index in [1.54, 1.807) is 18.0 Å². The van der Waals surface area contributed by atoms with Gasteiger partial charge in [-0.1, -0.05) is 32.0 Å². The van der Waals surface area contributed by atoms with Crippen LogP contribution in [-0.4, -0.2) is 22.1 Å². The van der Waals surface area contributed by atoms with Gasteiger partial charge in [0, 0.05) is 17.6 Å². The van der Waals surface area contributed by atoms with Crippen molar-refractivity contribution in [2.45, 2.75) is 37.2 Å². The van der Waals surface area contributed by atoms with Gasteiger partial charge in [-0.25, -0.2) is 4.98 Å². The lowest BCUT2D eigenvalue weighted by atomic mass is 10.0. The highest BCUT2D eigenvalue weighted by Crippen LogP contribution is 2.22. The largest absolute Gasteiger partial charge is 0.392 e. The highest BCUT2D eigenvalue weighted by atomic mass is 32.2. The van der Waals surface area contributed by atoms with E-state index in [0.717, 1.165) is 22.0 Å². The van der Waals surface area contributed by atoms with Gasteiger partial charge < -0.3 is 10.4 Å². The molecule has 1 unspecified atom stereocenters. The Kier molecular flexibility index (Phi) is 6.62. The van der Waals surface area contributed by atoms with Crippen LogP contribution in [0.2, 0.25) is 0 Å². The zero-order chi connectivity index (χ0) is 16.7. The standard InChI is InChI=1S/C18H22N2O2S/c1-13(2)16(21)11-17(22)20-15-7-5-6-14(10-15)12-23-18-8-3-4-9-19-18/h3-10,13,16,21H,11-12H2,1-2H3,(H,20,22). The number of aliphatic hydroxyl groups is 1. The molecule has 1 heterocycles. The number of aromatic nitrogens is 1. The van der Waals surface area contributed by atoms with E-state index in [1.165, 1.54) is 0 Å². The molecule has 1 aromatic heterocycles. The van der Waals surface area contributed by atoms with E-state index in [1.807, 2.05) is 56.3 Å². The maximum Gasteiger partial charge on any atom is 0.226 e. The van der Waals surface area contributed by atoms with Crippen molar-refractivity contribution in [2.75, 3.05) is 5.32 Å². The average molecular weight is 330 g/mol. The van der Waals surface area contributed by atoms with Gasteiger partial charge >= 0.3 is 0 Å². The first-order valence-corrected chi connectivity index (χ1v) is 8.64. The van der Waals surface area contributed by atoms with Crippen LogP contribution in [-0.2, 0) is 10.5 Å². The number of amides is 1. The fourth-order valence-electron chi connectivity index (χ4n) is 1.97. The number of nitrogens with one attached hydrogen (secondary N) is 1. The molecule has 1 aromatic carbocycles. The molecular formula is C18H22N2O2S. The van der Waals surface area contributed by atoms with E-state index in [0.29, 0.717) is 0 Å². The predicted octanol–water partition coefficient (Wildman–Crippen LogP) is 3.72. The lowest BCUT2D eigenvalue weighted by Gasteiger charge is -2.14. The van der Waals surface area contributed by atoms with E-state index in [4.69, 9.17) is 0 Å². The minimum Gasteiger partial charge on any atom is -0.392 e. The quantitative estimate of drug-likeness (QED) is 0.760. The summed E-state index contributed by atoms with van der Waals surface area (Å²) in [4.78, 5) is 16.2. The molecule has 0 fully saturated rings. The third kappa shape index (κ3) is 6.04. The van der Waals surface area contributed by atoms with E-state index in [9.17, 15) is 9.90 Å². The Hall–Kier alpha value is -1.85. The number of rotatable bonds is 7. The lowest BCUT2D eigenvalue weighted by molar-refractivity contribution is -0.118. The highest BCUT2D eigenvalue weighted by Gasteiger charge is 2.14. The van der Waals surface area contributed by atoms with Gasteiger partial charge in [-0.3, -0.25) is 4.79 Å². The Labute approximate surface area is 141 Å². The summed E-state index contributed by atoms with van der Waals surface area (Å²) in [5, 5.41) is 13.6. The summed E-state index contributed by atoms with van der Waals surface area (Å²) < 4.78 is 0. The van der Waals surface area contributed by atoms with Gasteiger partial charge in [0.1, 0.15) is 0 Å². The monoisotopic (exact) mass is 330 g/mol. The van der Waals surface area contributed by atoms with Gasteiger partial charge in [0.15, 0.2) is 0 Å². The molecule has 5 heteroatoms. The normalized spacial score (nSPS) is 12.2. The molecule has 1 amide bonds. The topological polar surface area (TPSA) is 62.2 Å². The molecule has 2 N–H and O–H groups in total. The second kappa shape index (κ2) is 8.70. The minimum absolute atomic E-state index is 0.0712. The third-order valence-electron chi connectivity index (χ3n) is 3.40. The molecule has 0 saturated carbocycles. The van der Waals surface area contributed by atoms with Gasteiger partial charge in [-0.15, -0.1) is 11.8 Å². The smallest absolute Gasteiger partial charge is 0.226 e. The Morgan fingerprint density at radius 1 is 1.26 bits per heavy atom. The van der Waals surface area contributed by atoms with Crippen LogP contribution in [0.15, 0.2) is 53.7 Å². The molecule has 4 nitrogen and oxygen atoms in total. The van der Waals surface area contributed by atoms with Crippen LogP contribution in [0.25, 0.3) is 0 Å². The molecule has 0 spiro atoms. The van der Waals surface area contributed by atoms with E-state index in [-0.39, 0.29) is 18.2 Å². The maximum atomic E-state index is 11.9. The molecular weight excluding hydrogens is 308 g/mol. The number of carbonyl (C=O) groups excluding carboxylic acids is 1. The number of hydrogen-bond acceptors (Lipinski definition) is 4. The fraction of sp³-hybridized carbons (Fsp3) is 0.333. The molecule has 0 bridgehead atoms. The number of benzene rings is 1. The van der Waals surface area contributed by atoms with Gasteiger partial charge in [0.25, 0.3) is 0 Å². The van der Waals surface area contributed by atoms with E-state index < -0.39 is 6.10 Å². The fourth-order valence-corrected chi connectivity index (χ4v) is 2.77. The van der Waals surface area contributed by atoms with Crippen LogP contribution in [0.4, 0.5) is 5.69 Å². The summed E-state index contributed by atoms with van der Waals surface area (Å²) in [6.45, 7) is 3.79. The molecule has 0 radical (unpaired) electrons. The minimum atomic E-state index is -0.613. The van der Waals surface area contributed by atoms with Crippen LogP contribution < -0.4 is 5.32 Å². The van der Waals surface area contributed by atoms with Crippen molar-refractivity contribution in [3.05, 3.63) is 54.2 Å². The van der Waals surface area contributed by atoms with Gasteiger partial charge in [-0.05, 0) is 35.7 Å². The van der Waals surface area contributed by atoms with Crippen molar-refractivity contribution in [3.8, 4) is 0 Å². The first kappa shape index (κ1) is 17.5. The summed E-state index contributed by atoms with van der Waals surface area (Å²) in [5.41, 5.74) is 1.87. The summed E-state index contributed by atoms with van der Waals surface area (Å²) in [6.07, 6.45) is 1.28. The molecule has 0 aliphatic carbocycles. The molecule has 23 heavy (non-hydrogen) atoms. The Morgan fingerprint density at radius 3 is 2.78 bits per heavy atom. The molecule has 0 aliphatic heterocycles. The van der Waals surface area contributed by atoms with Crippen molar-refractivity contribution in [3.63, 3.8) is 0 Å². The van der Waals surface area contributed by atoms with Crippen molar-refractivity contribution >= 4 is 23.4 Å². The number of carbonyl (C=O) groups is 1. The first-order valence-electron chi connectivity index (χ1n) is 7.65. The summed E-state index contributed by atoms with van der Waals surface area (Å²) in [6, 6.07) is 13.6. The second-order valence-electron chi connectivity index (χ2n) is 5.72. The first-order chi connectivity index (χ1) is 11.0. The zero-order valence-electron chi connectivity index (χ0n) is 13.4. The lowest BCUT2D eigenvalue weighted by Crippen LogP contribution is -2.23. The molecule has 2 aromatic rings. The number of pyridine rings is 1. The van der Waals surface area contributed by atoms with E-state index in [2.05, 4.69) is 10.3 Å². The molecule has 1 atom stereocenters. The molecule has 2 rings (SSSR count). The maximum absolute atomic E-state index is 11.9. The van der Waals surface area contributed by atoms with E-state index >= 15 is 0 Å². The highest BCUT2D eigenvalue weighted by molar-refractivity contribution is 7.98. The number of thioether (sulfide) groups is 1. The van der Waals surface area contributed by atoms with Crippen molar-refractivity contribution in [1.82, 2.24) is 4.98 Å². The summed E-state index contributed by atoms with van der Waals surface area (Å²) in [7, 11) is 0. The molecule has 122 valence electrons. The van der Waals surface area contributed by atoms with Gasteiger partial charge in [0.05, 0.1) is 17.6 Å². The van der Waals surface area contributed by atoms with Crippen LogP contribution in [0.1, 0.15) is 25.8 Å². The molecule has 0 aliphatic rings. The molecule has 0 saturated heterocycles. The van der Waals surface area contributed by atoms with Crippen LogP contribution in [0.3, 0.4) is 0 Å². The third-order valence-corrected chi connectivity index (χ3v) is 4.41. The second-order valence-corrected chi connectivity index (χ2v) is 6.72. The van der Waals surface area contributed by atoms with Crippen LogP contribution >= 0.6 is 11.8 Å². The van der Waals surface area contributed by atoms with Gasteiger partial charge in [0.2, 0.25) is 5.91 Å². The Morgan fingerprint density at radius 2 is 2.09 bits per heavy atom. The predicted molar refractivity (Wildman–Crippen MR) is 94.3 cm³/mol. The van der Waals surface area contributed by atoms with Crippen molar-refractivity contribution < 1.29 is 9.90 Å². The van der Waals surface area contributed by atoms with Crippen molar-refractivity contribution in [1.29, 1.82) is 0 Å². The zero-order valence-corrected chi connectivity index (χ0v) is 14.2. The Bertz CT molecular complexity index is 632. The number of hydrogen-bond donors (Lipinski definition) is 2.